The van der Waals surface area contributed by atoms with Crippen LogP contribution in [0.4, 0.5) is 0 Å². The second-order valence-corrected chi connectivity index (χ2v) is 7.91. The summed E-state index contributed by atoms with van der Waals surface area (Å²) in [5, 5.41) is 5.67. The van der Waals surface area contributed by atoms with Crippen molar-refractivity contribution in [3.8, 4) is 0 Å². The van der Waals surface area contributed by atoms with Gasteiger partial charge >= 0.3 is 0 Å². The summed E-state index contributed by atoms with van der Waals surface area (Å²) in [4.78, 5) is 38.7. The van der Waals surface area contributed by atoms with Crippen molar-refractivity contribution in [3.63, 3.8) is 0 Å². The lowest BCUT2D eigenvalue weighted by molar-refractivity contribution is -0.126. The predicted octanol–water partition coefficient (Wildman–Crippen LogP) is 2.85. The van der Waals surface area contributed by atoms with Gasteiger partial charge in [-0.25, -0.2) is 0 Å². The first kappa shape index (κ1) is 21.0. The van der Waals surface area contributed by atoms with Crippen molar-refractivity contribution in [2.45, 2.75) is 12.8 Å². The van der Waals surface area contributed by atoms with E-state index >= 15 is 0 Å². The molecule has 0 bridgehead atoms. The molecule has 6 nitrogen and oxygen atoms in total. The SMILES string of the molecule is O=C(NCCNC(=O)C1CCN(C(=O)c2cccc(Br)c2)CC1)c1ccccc1. The van der Waals surface area contributed by atoms with Crippen LogP contribution in [0.2, 0.25) is 0 Å². The predicted molar refractivity (Wildman–Crippen MR) is 115 cm³/mol. The van der Waals surface area contributed by atoms with Gasteiger partial charge < -0.3 is 15.5 Å². The maximum absolute atomic E-state index is 12.6. The van der Waals surface area contributed by atoms with Gasteiger partial charge in [-0.1, -0.05) is 40.2 Å². The molecule has 0 radical (unpaired) electrons. The van der Waals surface area contributed by atoms with Crippen LogP contribution in [0.1, 0.15) is 33.6 Å². The second kappa shape index (κ2) is 10.2. The van der Waals surface area contributed by atoms with Crippen molar-refractivity contribution in [2.24, 2.45) is 5.92 Å². The Bertz CT molecular complexity index is 865. The van der Waals surface area contributed by atoms with Crippen LogP contribution in [0.25, 0.3) is 0 Å². The van der Waals surface area contributed by atoms with E-state index in [1.807, 2.05) is 36.4 Å². The van der Waals surface area contributed by atoms with Crippen molar-refractivity contribution in [1.29, 1.82) is 0 Å². The monoisotopic (exact) mass is 457 g/mol. The van der Waals surface area contributed by atoms with E-state index in [2.05, 4.69) is 26.6 Å². The van der Waals surface area contributed by atoms with E-state index in [9.17, 15) is 14.4 Å². The lowest BCUT2D eigenvalue weighted by Gasteiger charge is -2.31. The van der Waals surface area contributed by atoms with E-state index in [1.165, 1.54) is 0 Å². The lowest BCUT2D eigenvalue weighted by atomic mass is 9.95. The number of amides is 3. The molecule has 3 rings (SSSR count). The summed E-state index contributed by atoms with van der Waals surface area (Å²) >= 11 is 3.39. The van der Waals surface area contributed by atoms with Crippen LogP contribution < -0.4 is 10.6 Å². The average Bonchev–Trinajstić information content (AvgIpc) is 2.76. The van der Waals surface area contributed by atoms with E-state index in [-0.39, 0.29) is 23.6 Å². The summed E-state index contributed by atoms with van der Waals surface area (Å²) in [6.45, 7) is 1.89. The molecule has 7 heteroatoms. The van der Waals surface area contributed by atoms with Gasteiger partial charge in [-0.2, -0.15) is 0 Å². The molecule has 3 amide bonds. The largest absolute Gasteiger partial charge is 0.354 e. The van der Waals surface area contributed by atoms with Gasteiger partial charge in [-0.05, 0) is 43.2 Å². The molecular formula is C22H24BrN3O3. The van der Waals surface area contributed by atoms with E-state index in [0.717, 1.165) is 4.47 Å². The summed E-state index contributed by atoms with van der Waals surface area (Å²) in [6, 6.07) is 16.3. The average molecular weight is 458 g/mol. The highest BCUT2D eigenvalue weighted by atomic mass is 79.9. The molecule has 0 saturated carbocycles. The van der Waals surface area contributed by atoms with Crippen molar-refractivity contribution in [1.82, 2.24) is 15.5 Å². The molecule has 1 saturated heterocycles. The fourth-order valence-corrected chi connectivity index (χ4v) is 3.75. The third-order valence-electron chi connectivity index (χ3n) is 4.97. The Balaban J connectivity index is 1.37. The Hall–Kier alpha value is -2.67. The molecule has 2 aromatic carbocycles. The van der Waals surface area contributed by atoms with Gasteiger partial charge in [-0.15, -0.1) is 0 Å². The minimum atomic E-state index is -0.154. The zero-order valence-electron chi connectivity index (χ0n) is 16.1. The second-order valence-electron chi connectivity index (χ2n) is 6.99. The molecule has 0 aliphatic carbocycles. The fraction of sp³-hybridized carbons (Fsp3) is 0.318. The number of carbonyl (C=O) groups is 3. The number of benzene rings is 2. The summed E-state index contributed by atoms with van der Waals surface area (Å²) in [6.07, 6.45) is 1.28. The van der Waals surface area contributed by atoms with Crippen molar-refractivity contribution in [2.75, 3.05) is 26.2 Å². The van der Waals surface area contributed by atoms with Crippen LogP contribution in [-0.2, 0) is 4.79 Å². The Morgan fingerprint density at radius 3 is 2.24 bits per heavy atom. The van der Waals surface area contributed by atoms with E-state index in [0.29, 0.717) is 50.1 Å². The molecule has 1 aliphatic rings. The molecule has 1 aliphatic heterocycles. The van der Waals surface area contributed by atoms with Crippen LogP contribution in [-0.4, -0.2) is 48.8 Å². The standard InChI is InChI=1S/C22H24BrN3O3/c23-19-8-4-7-18(15-19)22(29)26-13-9-17(10-14-26)21(28)25-12-11-24-20(27)16-5-2-1-3-6-16/h1-8,15,17H,9-14H2,(H,24,27)(H,25,28). The molecule has 1 heterocycles. The number of hydrogen-bond donors (Lipinski definition) is 2. The summed E-state index contributed by atoms with van der Waals surface area (Å²) in [5.41, 5.74) is 1.25. The van der Waals surface area contributed by atoms with E-state index in [1.54, 1.807) is 23.1 Å². The van der Waals surface area contributed by atoms with Crippen LogP contribution >= 0.6 is 15.9 Å². The number of halogens is 1. The molecule has 1 fully saturated rings. The number of likely N-dealkylation sites (tertiary alicyclic amines) is 1. The fourth-order valence-electron chi connectivity index (χ4n) is 3.35. The summed E-state index contributed by atoms with van der Waals surface area (Å²) < 4.78 is 0.872. The first-order chi connectivity index (χ1) is 14.0. The van der Waals surface area contributed by atoms with Gasteiger partial charge in [0.05, 0.1) is 0 Å². The Morgan fingerprint density at radius 1 is 0.897 bits per heavy atom. The van der Waals surface area contributed by atoms with E-state index < -0.39 is 0 Å². The van der Waals surface area contributed by atoms with Gasteiger partial charge in [0.15, 0.2) is 0 Å². The third-order valence-corrected chi connectivity index (χ3v) is 5.46. The van der Waals surface area contributed by atoms with Crippen LogP contribution in [0, 0.1) is 5.92 Å². The highest BCUT2D eigenvalue weighted by Crippen LogP contribution is 2.20. The number of hydrogen-bond acceptors (Lipinski definition) is 3. The smallest absolute Gasteiger partial charge is 0.253 e. The number of nitrogens with zero attached hydrogens (tertiary/aromatic N) is 1. The highest BCUT2D eigenvalue weighted by molar-refractivity contribution is 9.10. The normalized spacial score (nSPS) is 14.3. The molecule has 0 atom stereocenters. The zero-order valence-corrected chi connectivity index (χ0v) is 17.7. The summed E-state index contributed by atoms with van der Waals surface area (Å²) in [7, 11) is 0. The lowest BCUT2D eigenvalue weighted by Crippen LogP contribution is -2.44. The van der Waals surface area contributed by atoms with Gasteiger partial charge in [-0.3, -0.25) is 14.4 Å². The minimum Gasteiger partial charge on any atom is -0.354 e. The number of carbonyl (C=O) groups excluding carboxylic acids is 3. The molecular weight excluding hydrogens is 434 g/mol. The van der Waals surface area contributed by atoms with Crippen LogP contribution in [0.15, 0.2) is 59.1 Å². The zero-order chi connectivity index (χ0) is 20.6. The molecule has 2 N–H and O–H groups in total. The minimum absolute atomic E-state index is 0.00576. The summed E-state index contributed by atoms with van der Waals surface area (Å²) in [5.74, 6) is -0.284. The van der Waals surface area contributed by atoms with Crippen molar-refractivity contribution >= 4 is 33.7 Å². The highest BCUT2D eigenvalue weighted by Gasteiger charge is 2.27. The molecule has 2 aromatic rings. The molecule has 152 valence electrons. The quantitative estimate of drug-likeness (QED) is 0.654. The Morgan fingerprint density at radius 2 is 1.55 bits per heavy atom. The number of rotatable bonds is 6. The molecule has 0 unspecified atom stereocenters. The molecule has 0 aromatic heterocycles. The van der Waals surface area contributed by atoms with Gasteiger partial charge in [0.2, 0.25) is 5.91 Å². The maximum Gasteiger partial charge on any atom is 0.253 e. The number of piperidine rings is 1. The maximum atomic E-state index is 12.6. The van der Waals surface area contributed by atoms with Gasteiger partial charge in [0, 0.05) is 47.7 Å². The van der Waals surface area contributed by atoms with Crippen LogP contribution in [0.3, 0.4) is 0 Å². The topological polar surface area (TPSA) is 78.5 Å². The molecule has 29 heavy (non-hydrogen) atoms. The Kier molecular flexibility index (Phi) is 7.41. The van der Waals surface area contributed by atoms with E-state index in [4.69, 9.17) is 0 Å². The van der Waals surface area contributed by atoms with Gasteiger partial charge in [0.25, 0.3) is 11.8 Å². The molecule has 0 spiro atoms. The first-order valence-electron chi connectivity index (χ1n) is 9.70. The third kappa shape index (κ3) is 5.90. The Labute approximate surface area is 178 Å². The van der Waals surface area contributed by atoms with Crippen molar-refractivity contribution < 1.29 is 14.4 Å². The van der Waals surface area contributed by atoms with Crippen LogP contribution in [0.5, 0.6) is 0 Å². The van der Waals surface area contributed by atoms with Crippen molar-refractivity contribution in [3.05, 3.63) is 70.2 Å². The number of nitrogens with one attached hydrogen (secondary N) is 2. The first-order valence-corrected chi connectivity index (χ1v) is 10.5. The van der Waals surface area contributed by atoms with Gasteiger partial charge in [0.1, 0.15) is 0 Å².